The van der Waals surface area contributed by atoms with Crippen LogP contribution in [0.15, 0.2) is 17.4 Å². The lowest BCUT2D eigenvalue weighted by molar-refractivity contribution is 0.273. The van der Waals surface area contributed by atoms with Crippen molar-refractivity contribution in [1.82, 2.24) is 20.0 Å². The summed E-state index contributed by atoms with van der Waals surface area (Å²) in [4.78, 5) is 7.10. The first-order valence-corrected chi connectivity index (χ1v) is 7.19. The lowest BCUT2D eigenvalue weighted by Crippen LogP contribution is -2.45. The van der Waals surface area contributed by atoms with E-state index in [1.54, 1.807) is 0 Å². The summed E-state index contributed by atoms with van der Waals surface area (Å²) in [5.74, 6) is 1.88. The van der Waals surface area contributed by atoms with Crippen molar-refractivity contribution in [2.75, 3.05) is 19.6 Å². The molecule has 1 fully saturated rings. The average Bonchev–Trinajstić information content (AvgIpc) is 2.81. The van der Waals surface area contributed by atoms with E-state index < -0.39 is 0 Å². The molecule has 5 nitrogen and oxygen atoms in total. The van der Waals surface area contributed by atoms with Crippen LogP contribution in [-0.4, -0.2) is 40.3 Å². The molecule has 2 rings (SSSR count). The second-order valence-corrected chi connectivity index (χ2v) is 5.36. The molecule has 0 atom stereocenters. The van der Waals surface area contributed by atoms with E-state index in [-0.39, 0.29) is 0 Å². The number of piperidine rings is 1. The maximum atomic E-state index is 4.72. The van der Waals surface area contributed by atoms with Crippen LogP contribution in [0.1, 0.15) is 32.3 Å². The first kappa shape index (κ1) is 13.9. The second-order valence-electron chi connectivity index (χ2n) is 5.36. The van der Waals surface area contributed by atoms with Crippen LogP contribution in [0.4, 0.5) is 0 Å². The summed E-state index contributed by atoms with van der Waals surface area (Å²) in [5.41, 5.74) is 1.16. The first-order chi connectivity index (χ1) is 9.19. The van der Waals surface area contributed by atoms with E-state index >= 15 is 0 Å². The molecule has 1 aliphatic rings. The smallest absolute Gasteiger partial charge is 0.194 e. The Morgan fingerprint density at radius 3 is 2.79 bits per heavy atom. The maximum Gasteiger partial charge on any atom is 0.194 e. The van der Waals surface area contributed by atoms with Gasteiger partial charge in [0.05, 0.1) is 12.7 Å². The van der Waals surface area contributed by atoms with E-state index in [1.165, 1.54) is 12.8 Å². The third-order valence-corrected chi connectivity index (χ3v) is 3.59. The zero-order valence-corrected chi connectivity index (χ0v) is 12.3. The molecular formula is C14H25N5. The van der Waals surface area contributed by atoms with Crippen LogP contribution in [0.3, 0.4) is 0 Å². The molecule has 0 bridgehead atoms. The Labute approximate surface area is 115 Å². The largest absolute Gasteiger partial charge is 0.357 e. The van der Waals surface area contributed by atoms with E-state index in [2.05, 4.69) is 29.2 Å². The van der Waals surface area contributed by atoms with Crippen LogP contribution in [0.25, 0.3) is 0 Å². The van der Waals surface area contributed by atoms with Gasteiger partial charge >= 0.3 is 0 Å². The molecular weight excluding hydrogens is 238 g/mol. The van der Waals surface area contributed by atoms with Crippen molar-refractivity contribution in [3.05, 3.63) is 18.0 Å². The van der Waals surface area contributed by atoms with Crippen LogP contribution >= 0.6 is 0 Å². The quantitative estimate of drug-likeness (QED) is 0.666. The Morgan fingerprint density at radius 1 is 1.47 bits per heavy atom. The van der Waals surface area contributed by atoms with Gasteiger partial charge < -0.3 is 10.2 Å². The number of hydrogen-bond acceptors (Lipinski definition) is 2. The molecule has 0 saturated carbocycles. The minimum Gasteiger partial charge on any atom is -0.357 e. The molecule has 19 heavy (non-hydrogen) atoms. The number of likely N-dealkylation sites (tertiary alicyclic amines) is 1. The van der Waals surface area contributed by atoms with Gasteiger partial charge in [-0.3, -0.25) is 4.68 Å². The van der Waals surface area contributed by atoms with E-state index in [0.29, 0.717) is 6.54 Å². The number of nitrogens with zero attached hydrogens (tertiary/aromatic N) is 4. The Hall–Kier alpha value is -1.52. The highest BCUT2D eigenvalue weighted by molar-refractivity contribution is 5.80. The van der Waals surface area contributed by atoms with Crippen LogP contribution < -0.4 is 5.32 Å². The van der Waals surface area contributed by atoms with Gasteiger partial charge in [0.1, 0.15) is 0 Å². The van der Waals surface area contributed by atoms with Crippen molar-refractivity contribution in [3.63, 3.8) is 0 Å². The van der Waals surface area contributed by atoms with E-state index in [1.807, 2.05) is 24.1 Å². The molecule has 0 aliphatic carbocycles. The summed E-state index contributed by atoms with van der Waals surface area (Å²) in [6.07, 6.45) is 6.42. The number of guanidine groups is 1. The van der Waals surface area contributed by atoms with Gasteiger partial charge in [-0.1, -0.05) is 6.92 Å². The Bertz CT molecular complexity index is 415. The van der Waals surface area contributed by atoms with Gasteiger partial charge in [0.15, 0.2) is 5.96 Å². The number of hydrogen-bond donors (Lipinski definition) is 1. The monoisotopic (exact) mass is 263 g/mol. The summed E-state index contributed by atoms with van der Waals surface area (Å²) >= 11 is 0. The van der Waals surface area contributed by atoms with Crippen molar-refractivity contribution < 1.29 is 0 Å². The van der Waals surface area contributed by atoms with E-state index in [4.69, 9.17) is 4.99 Å². The SMILES string of the molecule is CCNC(=NCc1cnn(C)c1)N1CCC(C)CC1. The van der Waals surface area contributed by atoms with Gasteiger partial charge in [0.2, 0.25) is 0 Å². The summed E-state index contributed by atoms with van der Waals surface area (Å²) in [7, 11) is 1.93. The van der Waals surface area contributed by atoms with Crippen LogP contribution in [-0.2, 0) is 13.6 Å². The van der Waals surface area contributed by atoms with Gasteiger partial charge in [-0.15, -0.1) is 0 Å². The highest BCUT2D eigenvalue weighted by Crippen LogP contribution is 2.16. The molecule has 1 saturated heterocycles. The molecule has 0 aromatic carbocycles. The molecule has 1 N–H and O–H groups in total. The summed E-state index contributed by atoms with van der Waals surface area (Å²) in [6, 6.07) is 0. The number of aliphatic imine (C=N–C) groups is 1. The van der Waals surface area contributed by atoms with Gasteiger partial charge in [0, 0.05) is 38.4 Å². The van der Waals surface area contributed by atoms with Crippen molar-refractivity contribution in [2.24, 2.45) is 18.0 Å². The summed E-state index contributed by atoms with van der Waals surface area (Å²) in [6.45, 7) is 8.28. The summed E-state index contributed by atoms with van der Waals surface area (Å²) in [5, 5.41) is 7.57. The number of aryl methyl sites for hydroxylation is 1. The minimum atomic E-state index is 0.697. The van der Waals surface area contributed by atoms with Crippen molar-refractivity contribution in [3.8, 4) is 0 Å². The topological polar surface area (TPSA) is 45.5 Å². The normalized spacial score (nSPS) is 17.8. The minimum absolute atomic E-state index is 0.697. The fourth-order valence-corrected chi connectivity index (χ4v) is 2.37. The predicted molar refractivity (Wildman–Crippen MR) is 78.0 cm³/mol. The Morgan fingerprint density at radius 2 is 2.21 bits per heavy atom. The van der Waals surface area contributed by atoms with Crippen molar-refractivity contribution in [1.29, 1.82) is 0 Å². The third kappa shape index (κ3) is 3.98. The number of nitrogens with one attached hydrogen (secondary N) is 1. The van der Waals surface area contributed by atoms with Crippen molar-refractivity contribution >= 4 is 5.96 Å². The second kappa shape index (κ2) is 6.59. The Balaban J connectivity index is 1.98. The average molecular weight is 263 g/mol. The number of rotatable bonds is 3. The van der Waals surface area contributed by atoms with E-state index in [9.17, 15) is 0 Å². The predicted octanol–water partition coefficient (Wildman–Crippen LogP) is 1.62. The number of aromatic nitrogens is 2. The zero-order chi connectivity index (χ0) is 13.7. The highest BCUT2D eigenvalue weighted by atomic mass is 15.3. The molecule has 5 heteroatoms. The van der Waals surface area contributed by atoms with Gasteiger partial charge in [0.25, 0.3) is 0 Å². The fraction of sp³-hybridized carbons (Fsp3) is 0.714. The molecule has 0 spiro atoms. The molecule has 1 aromatic heterocycles. The molecule has 0 radical (unpaired) electrons. The van der Waals surface area contributed by atoms with Gasteiger partial charge in [-0.2, -0.15) is 5.10 Å². The fourth-order valence-electron chi connectivity index (χ4n) is 2.37. The highest BCUT2D eigenvalue weighted by Gasteiger charge is 2.18. The van der Waals surface area contributed by atoms with Gasteiger partial charge in [-0.05, 0) is 25.7 Å². The molecule has 0 amide bonds. The standard InChI is InChI=1S/C14H25N5/c1-4-15-14(19-7-5-12(2)6-8-19)16-9-13-10-17-18(3)11-13/h10-12H,4-9H2,1-3H3,(H,15,16). The van der Waals surface area contributed by atoms with Crippen molar-refractivity contribution in [2.45, 2.75) is 33.2 Å². The lowest BCUT2D eigenvalue weighted by atomic mass is 10.00. The third-order valence-electron chi connectivity index (χ3n) is 3.59. The van der Waals surface area contributed by atoms with E-state index in [0.717, 1.165) is 37.1 Å². The maximum absolute atomic E-state index is 4.72. The van der Waals surface area contributed by atoms with Crippen LogP contribution in [0, 0.1) is 5.92 Å². The first-order valence-electron chi connectivity index (χ1n) is 7.19. The van der Waals surface area contributed by atoms with Crippen LogP contribution in [0.2, 0.25) is 0 Å². The molecule has 2 heterocycles. The molecule has 1 aromatic rings. The van der Waals surface area contributed by atoms with Gasteiger partial charge in [-0.25, -0.2) is 4.99 Å². The molecule has 0 unspecified atom stereocenters. The lowest BCUT2D eigenvalue weighted by Gasteiger charge is -2.32. The zero-order valence-electron chi connectivity index (χ0n) is 12.3. The molecule has 106 valence electrons. The molecule has 1 aliphatic heterocycles. The summed E-state index contributed by atoms with van der Waals surface area (Å²) < 4.78 is 1.82. The Kier molecular flexibility index (Phi) is 4.82. The van der Waals surface area contributed by atoms with Crippen LogP contribution in [0.5, 0.6) is 0 Å².